The second-order valence-electron chi connectivity index (χ2n) is 11.8. The van der Waals surface area contributed by atoms with Crippen LogP contribution in [-0.2, 0) is 4.79 Å². The minimum absolute atomic E-state index is 0.0104. The van der Waals surface area contributed by atoms with Crippen LogP contribution in [0, 0.1) is 11.8 Å². The van der Waals surface area contributed by atoms with Gasteiger partial charge in [-0.15, -0.1) is 0 Å². The highest BCUT2D eigenvalue weighted by atomic mass is 19.4. The fourth-order valence-electron chi connectivity index (χ4n) is 6.64. The number of para-hydroxylation sites is 1. The zero-order chi connectivity index (χ0) is 30.6. The molecule has 2 N–H and O–H groups in total. The summed E-state index contributed by atoms with van der Waals surface area (Å²) in [6.07, 6.45) is -2.05. The van der Waals surface area contributed by atoms with E-state index in [0.717, 1.165) is 24.9 Å². The Morgan fingerprint density at radius 1 is 1.05 bits per heavy atom. The third kappa shape index (κ3) is 7.08. The first-order chi connectivity index (χ1) is 20.7. The largest absolute Gasteiger partial charge is 0.493 e. The standard InChI is InChI=1S/C32H42F3N5O3/c1-3-24-20-39(31(42)21-9-11-22(12-10-21)32(33,34)35)17-18-40(24)27-14-13-26(25-7-5-6-8-28(25)43-4-2)38-29(27)30(41)37-23-15-16-36-19-23/h5-8,13-14,21-24,36H,3-4,9-12,15-20H2,1-2H3,(H,37,41)/t21?,22?,23-,24-/m1/s1. The number of amides is 2. The molecule has 1 aromatic carbocycles. The smallest absolute Gasteiger partial charge is 0.391 e. The molecule has 1 saturated carbocycles. The minimum atomic E-state index is -4.19. The highest BCUT2D eigenvalue weighted by Crippen LogP contribution is 2.40. The Morgan fingerprint density at radius 3 is 2.49 bits per heavy atom. The van der Waals surface area contributed by atoms with E-state index in [4.69, 9.17) is 9.72 Å². The van der Waals surface area contributed by atoms with Gasteiger partial charge in [0.1, 0.15) is 5.75 Å². The second-order valence-corrected chi connectivity index (χ2v) is 11.8. The first-order valence-corrected chi connectivity index (χ1v) is 15.6. The Hall–Kier alpha value is -3.34. The number of hydrogen-bond acceptors (Lipinski definition) is 6. The van der Waals surface area contributed by atoms with Crippen LogP contribution < -0.4 is 20.3 Å². The third-order valence-electron chi connectivity index (χ3n) is 9.06. The normalized spacial score (nSPS) is 24.6. The number of rotatable bonds is 8. The number of benzene rings is 1. The van der Waals surface area contributed by atoms with Gasteiger partial charge in [-0.1, -0.05) is 19.1 Å². The van der Waals surface area contributed by atoms with E-state index in [1.807, 2.05) is 55.1 Å². The Labute approximate surface area is 251 Å². The number of anilines is 1. The van der Waals surface area contributed by atoms with Gasteiger partial charge in [0.05, 0.1) is 23.9 Å². The van der Waals surface area contributed by atoms with Gasteiger partial charge in [-0.25, -0.2) is 4.98 Å². The number of ether oxygens (including phenoxy) is 1. The number of halogens is 3. The van der Waals surface area contributed by atoms with Crippen molar-refractivity contribution < 1.29 is 27.5 Å². The number of nitrogens with one attached hydrogen (secondary N) is 2. The maximum absolute atomic E-state index is 13.7. The van der Waals surface area contributed by atoms with Gasteiger partial charge in [-0.05, 0) is 76.3 Å². The average molecular weight is 602 g/mol. The summed E-state index contributed by atoms with van der Waals surface area (Å²) in [5, 5.41) is 6.42. The van der Waals surface area contributed by atoms with E-state index in [0.29, 0.717) is 55.6 Å². The third-order valence-corrected chi connectivity index (χ3v) is 9.06. The van der Waals surface area contributed by atoms with E-state index in [9.17, 15) is 22.8 Å². The maximum atomic E-state index is 13.7. The Bertz CT molecular complexity index is 1280. The van der Waals surface area contributed by atoms with Crippen LogP contribution >= 0.6 is 0 Å². The van der Waals surface area contributed by atoms with Crippen LogP contribution in [-0.4, -0.2) is 79.3 Å². The van der Waals surface area contributed by atoms with Gasteiger partial charge >= 0.3 is 6.18 Å². The molecule has 5 rings (SSSR count). The minimum Gasteiger partial charge on any atom is -0.493 e. The monoisotopic (exact) mass is 601 g/mol. The molecule has 1 aromatic heterocycles. The zero-order valence-corrected chi connectivity index (χ0v) is 25.0. The molecule has 0 radical (unpaired) electrons. The van der Waals surface area contributed by atoms with E-state index < -0.39 is 12.1 Å². The van der Waals surface area contributed by atoms with Crippen LogP contribution in [0.2, 0.25) is 0 Å². The Morgan fingerprint density at radius 2 is 1.81 bits per heavy atom. The van der Waals surface area contributed by atoms with Gasteiger partial charge in [0.25, 0.3) is 5.91 Å². The summed E-state index contributed by atoms with van der Waals surface area (Å²) in [5.74, 6) is -1.27. The van der Waals surface area contributed by atoms with Crippen molar-refractivity contribution in [2.24, 2.45) is 11.8 Å². The number of nitrogens with zero attached hydrogens (tertiary/aromatic N) is 3. The molecule has 0 unspecified atom stereocenters. The molecular formula is C32H42F3N5O3. The molecule has 2 aromatic rings. The summed E-state index contributed by atoms with van der Waals surface area (Å²) in [7, 11) is 0. The summed E-state index contributed by atoms with van der Waals surface area (Å²) in [6, 6.07) is 11.4. The molecule has 0 spiro atoms. The molecule has 0 bridgehead atoms. The van der Waals surface area contributed by atoms with Crippen LogP contribution in [0.5, 0.6) is 5.75 Å². The molecule has 3 fully saturated rings. The van der Waals surface area contributed by atoms with Gasteiger partial charge in [0.2, 0.25) is 5.91 Å². The van der Waals surface area contributed by atoms with Gasteiger partial charge in [-0.2, -0.15) is 13.2 Å². The second kappa shape index (κ2) is 13.5. The summed E-state index contributed by atoms with van der Waals surface area (Å²) in [4.78, 5) is 36.0. The zero-order valence-electron chi connectivity index (χ0n) is 25.0. The van der Waals surface area contributed by atoms with Gasteiger partial charge in [0, 0.05) is 49.7 Å². The first kappa shape index (κ1) is 31.1. The molecule has 2 amide bonds. The van der Waals surface area contributed by atoms with Crippen LogP contribution in [0.25, 0.3) is 11.3 Å². The lowest BCUT2D eigenvalue weighted by molar-refractivity contribution is -0.185. The number of alkyl halides is 3. The number of aromatic nitrogens is 1. The molecule has 3 aliphatic rings. The van der Waals surface area contributed by atoms with Crippen molar-refractivity contribution in [3.8, 4) is 17.0 Å². The summed E-state index contributed by atoms with van der Waals surface area (Å²) in [5.41, 5.74) is 2.49. The lowest BCUT2D eigenvalue weighted by Crippen LogP contribution is -2.56. The molecule has 234 valence electrons. The number of carbonyl (C=O) groups is 2. The topological polar surface area (TPSA) is 86.8 Å². The first-order valence-electron chi connectivity index (χ1n) is 15.6. The molecular weight excluding hydrogens is 559 g/mol. The van der Waals surface area contributed by atoms with Gasteiger partial charge < -0.3 is 25.2 Å². The molecule has 3 heterocycles. The fraction of sp³-hybridized carbons (Fsp3) is 0.594. The summed E-state index contributed by atoms with van der Waals surface area (Å²) in [6.45, 7) is 7.42. The Balaban J connectivity index is 1.37. The fourth-order valence-corrected chi connectivity index (χ4v) is 6.64. The van der Waals surface area contributed by atoms with Crippen molar-refractivity contribution in [2.45, 2.75) is 70.6 Å². The number of piperazine rings is 1. The molecule has 8 nitrogen and oxygen atoms in total. The van der Waals surface area contributed by atoms with Gasteiger partial charge in [-0.3, -0.25) is 9.59 Å². The molecule has 2 saturated heterocycles. The number of pyridine rings is 1. The van der Waals surface area contributed by atoms with Crippen molar-refractivity contribution in [3.05, 3.63) is 42.1 Å². The van der Waals surface area contributed by atoms with E-state index >= 15 is 0 Å². The molecule has 1 aliphatic carbocycles. The lowest BCUT2D eigenvalue weighted by atomic mass is 9.81. The summed E-state index contributed by atoms with van der Waals surface area (Å²) >= 11 is 0. The number of hydrogen-bond donors (Lipinski definition) is 2. The van der Waals surface area contributed by atoms with E-state index in [1.165, 1.54) is 0 Å². The van der Waals surface area contributed by atoms with E-state index in [-0.39, 0.29) is 55.5 Å². The number of carbonyl (C=O) groups excluding carboxylic acids is 2. The average Bonchev–Trinajstić information content (AvgIpc) is 3.53. The molecule has 11 heteroatoms. The van der Waals surface area contributed by atoms with E-state index in [2.05, 4.69) is 15.5 Å². The molecule has 2 aliphatic heterocycles. The van der Waals surface area contributed by atoms with E-state index in [1.54, 1.807) is 0 Å². The quantitative estimate of drug-likeness (QED) is 0.441. The van der Waals surface area contributed by atoms with Crippen molar-refractivity contribution in [2.75, 3.05) is 44.2 Å². The van der Waals surface area contributed by atoms with Crippen LogP contribution in [0.4, 0.5) is 18.9 Å². The lowest BCUT2D eigenvalue weighted by Gasteiger charge is -2.44. The van der Waals surface area contributed by atoms with Crippen molar-refractivity contribution in [1.29, 1.82) is 0 Å². The van der Waals surface area contributed by atoms with Crippen molar-refractivity contribution in [1.82, 2.24) is 20.5 Å². The van der Waals surface area contributed by atoms with Crippen LogP contribution in [0.3, 0.4) is 0 Å². The SMILES string of the molecule is CCOc1ccccc1-c1ccc(N2CCN(C(=O)C3CCC(C(F)(F)F)CC3)C[C@H]2CC)c(C(=O)N[C@@H]2CCNC2)n1. The molecule has 43 heavy (non-hydrogen) atoms. The van der Waals surface area contributed by atoms with Crippen LogP contribution in [0.15, 0.2) is 36.4 Å². The van der Waals surface area contributed by atoms with Crippen molar-refractivity contribution >= 4 is 17.5 Å². The van der Waals surface area contributed by atoms with Crippen molar-refractivity contribution in [3.63, 3.8) is 0 Å². The predicted molar refractivity (Wildman–Crippen MR) is 159 cm³/mol. The Kier molecular flexibility index (Phi) is 9.78. The van der Waals surface area contributed by atoms with Gasteiger partial charge in [0.15, 0.2) is 5.69 Å². The van der Waals surface area contributed by atoms with Crippen LogP contribution in [0.1, 0.15) is 62.9 Å². The summed E-state index contributed by atoms with van der Waals surface area (Å²) < 4.78 is 45.3. The highest BCUT2D eigenvalue weighted by Gasteiger charge is 2.43. The maximum Gasteiger partial charge on any atom is 0.391 e. The molecule has 2 atom stereocenters. The predicted octanol–water partition coefficient (Wildman–Crippen LogP) is 5.03. The highest BCUT2D eigenvalue weighted by molar-refractivity contribution is 5.99.